The average molecular weight is 1020 g/mol. The molecule has 337 valence electrons. The van der Waals surface area contributed by atoms with Gasteiger partial charge in [0, 0.05) is 0 Å². The number of hydrogen-bond acceptors (Lipinski definition) is 0. The van der Waals surface area contributed by atoms with Crippen LogP contribution in [0.1, 0.15) is 107 Å². The van der Waals surface area contributed by atoms with Crippen molar-refractivity contribution in [1.29, 1.82) is 0 Å². The number of hydrogen-bond donors (Lipinski definition) is 0. The molecular formula is C64H59Cl2SiZr. The molecule has 8 aromatic carbocycles. The van der Waals surface area contributed by atoms with E-state index in [1.54, 1.807) is 0 Å². The number of rotatable bonds is 11. The fourth-order valence-corrected chi connectivity index (χ4v) is 41.0. The Balaban J connectivity index is 1.23. The van der Waals surface area contributed by atoms with E-state index in [1.165, 1.54) is 114 Å². The predicted octanol–water partition coefficient (Wildman–Crippen LogP) is 16.4. The van der Waals surface area contributed by atoms with Gasteiger partial charge in [-0.25, -0.2) is 0 Å². The number of benzene rings is 8. The Bertz CT molecular complexity index is 3170. The molecule has 0 amide bonds. The van der Waals surface area contributed by atoms with Gasteiger partial charge >= 0.3 is 418 Å². The molecule has 4 heteroatoms. The van der Waals surface area contributed by atoms with E-state index >= 15 is 0 Å². The summed E-state index contributed by atoms with van der Waals surface area (Å²) < 4.78 is 0.981. The van der Waals surface area contributed by atoms with Gasteiger partial charge in [-0.3, -0.25) is 0 Å². The summed E-state index contributed by atoms with van der Waals surface area (Å²) >= 11 is -5.78. The molecule has 2 unspecified atom stereocenters. The molecule has 0 saturated carbocycles. The molecule has 3 aliphatic rings. The predicted molar refractivity (Wildman–Crippen MR) is 296 cm³/mol. The summed E-state index contributed by atoms with van der Waals surface area (Å²) in [5.41, 5.74) is 23.4. The first-order valence-electron chi connectivity index (χ1n) is 24.8. The molecule has 11 rings (SSSR count). The Morgan fingerprint density at radius 2 is 0.853 bits per heavy atom. The van der Waals surface area contributed by atoms with Crippen LogP contribution < -0.4 is 13.6 Å². The van der Waals surface area contributed by atoms with Crippen molar-refractivity contribution in [3.05, 3.63) is 220 Å². The van der Waals surface area contributed by atoms with E-state index in [0.29, 0.717) is 11.8 Å². The van der Waals surface area contributed by atoms with Crippen molar-refractivity contribution in [2.75, 3.05) is 0 Å². The summed E-state index contributed by atoms with van der Waals surface area (Å²) in [5.74, 6) is 0.605. The van der Waals surface area contributed by atoms with Crippen LogP contribution in [-0.2, 0) is 16.4 Å². The van der Waals surface area contributed by atoms with Crippen molar-refractivity contribution in [1.82, 2.24) is 0 Å². The minimum atomic E-state index is -5.78. The van der Waals surface area contributed by atoms with Crippen LogP contribution in [0.5, 0.6) is 0 Å². The van der Waals surface area contributed by atoms with Gasteiger partial charge in [-0.1, -0.05) is 0 Å². The first kappa shape index (κ1) is 45.4. The van der Waals surface area contributed by atoms with E-state index in [0.717, 1.165) is 12.8 Å². The molecule has 0 aromatic heterocycles. The van der Waals surface area contributed by atoms with Crippen molar-refractivity contribution in [2.24, 2.45) is 0 Å². The maximum absolute atomic E-state index is 9.53. The molecule has 1 heterocycles. The van der Waals surface area contributed by atoms with E-state index in [4.69, 9.17) is 0 Å². The third-order valence-corrected chi connectivity index (χ3v) is 38.5. The third-order valence-electron chi connectivity index (χ3n) is 15.7. The molecule has 0 N–H and O–H groups in total. The molecule has 0 fully saturated rings. The Hall–Kier alpha value is -5.08. The van der Waals surface area contributed by atoms with Crippen LogP contribution in [0.4, 0.5) is 0 Å². The standard InChI is InChI=1S/2C26H25.C12H9Si.2ClH.Zr/c2*1-4-19-16-21-14-15-22(18(2)3)26(25(21)17-19)24-13-9-8-12-23(24)20-10-6-5-7-11-20;1-3-7-11-9(5-1)10-6-2-4-8-12(10)13-11;;;/h2*5-18H,4H2,1-3H3;1-7H,13H2;2*1H;/q;;;;;+2/p-2. The van der Waals surface area contributed by atoms with E-state index in [1.807, 2.05) is 0 Å². The normalized spacial score (nSPS) is 16.8. The molecule has 68 heavy (non-hydrogen) atoms. The molecule has 1 aliphatic heterocycles. The fourth-order valence-electron chi connectivity index (χ4n) is 12.7. The first-order valence-corrected chi connectivity index (χ1v) is 36.7. The molecule has 0 saturated heterocycles. The van der Waals surface area contributed by atoms with Crippen LogP contribution in [0.15, 0.2) is 187 Å². The van der Waals surface area contributed by atoms with Gasteiger partial charge in [0.2, 0.25) is 0 Å². The van der Waals surface area contributed by atoms with Gasteiger partial charge in [-0.2, -0.15) is 0 Å². The van der Waals surface area contributed by atoms with Gasteiger partial charge in [-0.05, 0) is 0 Å². The van der Waals surface area contributed by atoms with Crippen molar-refractivity contribution < 1.29 is 16.4 Å². The summed E-state index contributed by atoms with van der Waals surface area (Å²) in [6, 6.07) is 65.7. The summed E-state index contributed by atoms with van der Waals surface area (Å²) in [6.45, 7) is 14.0. The third kappa shape index (κ3) is 7.07. The van der Waals surface area contributed by atoms with Gasteiger partial charge in [0.05, 0.1) is 0 Å². The van der Waals surface area contributed by atoms with Crippen molar-refractivity contribution in [2.45, 2.75) is 73.5 Å². The van der Waals surface area contributed by atoms with Gasteiger partial charge in [0.25, 0.3) is 0 Å². The molecular weight excluding hydrogens is 959 g/mol. The SMILES string of the molecule is CCC1=Cc2c(ccc(C(C)C)c2-c2ccccc2-c2ccccc2)[CH]1[Zr]([Cl])([Cl])([c]1cccc2c1[SiH2]c1ccccc1-2)[CH]1C(CC)=Cc2c1ccc(C(C)C)c2-c1ccccc1-c1ccccc1. The zero-order valence-corrected chi connectivity index (χ0v) is 45.5. The van der Waals surface area contributed by atoms with Crippen LogP contribution in [0, 0.1) is 0 Å². The average Bonchev–Trinajstić information content (AvgIpc) is 4.09. The second kappa shape index (κ2) is 17.7. The quantitative estimate of drug-likeness (QED) is 0.113. The zero-order chi connectivity index (χ0) is 46.9. The second-order valence-electron chi connectivity index (χ2n) is 20.0. The van der Waals surface area contributed by atoms with Crippen LogP contribution in [-0.4, -0.2) is 9.52 Å². The summed E-state index contributed by atoms with van der Waals surface area (Å²) in [4.78, 5) is 0. The van der Waals surface area contributed by atoms with Crippen molar-refractivity contribution >= 4 is 52.3 Å². The van der Waals surface area contributed by atoms with E-state index < -0.39 is 25.9 Å². The molecule has 2 aliphatic carbocycles. The Morgan fingerprint density at radius 3 is 1.31 bits per heavy atom. The van der Waals surface area contributed by atoms with E-state index in [9.17, 15) is 17.0 Å². The molecule has 8 aromatic rings. The summed E-state index contributed by atoms with van der Waals surface area (Å²) in [5, 5.41) is 2.94. The molecule has 2 atom stereocenters. The Labute approximate surface area is 414 Å². The van der Waals surface area contributed by atoms with Crippen LogP contribution >= 0.6 is 17.0 Å². The first-order chi connectivity index (χ1) is 33.0. The van der Waals surface area contributed by atoms with Crippen LogP contribution in [0.2, 0.25) is 0 Å². The van der Waals surface area contributed by atoms with Gasteiger partial charge in [-0.15, -0.1) is 0 Å². The zero-order valence-electron chi connectivity index (χ0n) is 40.1. The summed E-state index contributed by atoms with van der Waals surface area (Å²) in [7, 11) is 18.1. The van der Waals surface area contributed by atoms with Gasteiger partial charge in [0.15, 0.2) is 0 Å². The van der Waals surface area contributed by atoms with Gasteiger partial charge < -0.3 is 0 Å². The maximum atomic E-state index is 9.53. The van der Waals surface area contributed by atoms with Crippen molar-refractivity contribution in [3.8, 4) is 55.6 Å². The van der Waals surface area contributed by atoms with Gasteiger partial charge in [0.1, 0.15) is 0 Å². The summed E-state index contributed by atoms with van der Waals surface area (Å²) in [6.07, 6.45) is 6.81. The number of halogens is 2. The van der Waals surface area contributed by atoms with E-state index in [2.05, 4.69) is 230 Å². The molecule has 0 spiro atoms. The number of fused-ring (bicyclic) bond motifs is 5. The minimum absolute atomic E-state index is 0.149. The monoisotopic (exact) mass is 1020 g/mol. The molecule has 0 bridgehead atoms. The van der Waals surface area contributed by atoms with Crippen LogP contribution in [0.25, 0.3) is 67.8 Å². The molecule has 0 nitrogen and oxygen atoms in total. The van der Waals surface area contributed by atoms with E-state index in [-0.39, 0.29) is 7.25 Å². The topological polar surface area (TPSA) is 0 Å². The molecule has 0 radical (unpaired) electrons. The van der Waals surface area contributed by atoms with Crippen LogP contribution in [0.3, 0.4) is 0 Å². The fraction of sp³-hybridized carbons (Fsp3) is 0.188. The second-order valence-corrected chi connectivity index (χ2v) is 42.5. The Kier molecular flexibility index (Phi) is 11.8. The van der Waals surface area contributed by atoms with Crippen molar-refractivity contribution in [3.63, 3.8) is 0 Å². The number of allylic oxidation sites excluding steroid dienone is 2. The Morgan fingerprint density at radius 1 is 0.441 bits per heavy atom.